The lowest BCUT2D eigenvalue weighted by Gasteiger charge is -2.39. The molecular formula is C25H41FN2O2. The molecule has 5 heteroatoms. The van der Waals surface area contributed by atoms with Crippen LogP contribution in [0.1, 0.15) is 80.0 Å². The minimum atomic E-state index is -0.581. The summed E-state index contributed by atoms with van der Waals surface area (Å²) in [5.41, 5.74) is 0.0835. The molecule has 2 fully saturated rings. The lowest BCUT2D eigenvalue weighted by Crippen LogP contribution is -2.53. The molecule has 4 atom stereocenters. The Kier molecular flexibility index (Phi) is 8.86. The summed E-state index contributed by atoms with van der Waals surface area (Å²) in [4.78, 5) is 14.9. The van der Waals surface area contributed by atoms with Gasteiger partial charge in [-0.15, -0.1) is 0 Å². The molecule has 170 valence electrons. The molecule has 0 bridgehead atoms. The number of rotatable bonds is 3. The summed E-state index contributed by atoms with van der Waals surface area (Å²) in [5, 5.41) is 1.49. The highest BCUT2D eigenvalue weighted by atomic mass is 19.1. The first kappa shape index (κ1) is 24.8. The number of morpholine rings is 1. The maximum absolute atomic E-state index is 15.1. The Balaban J connectivity index is 0.000000590. The highest BCUT2D eigenvalue weighted by Crippen LogP contribution is 2.41. The zero-order valence-electron chi connectivity index (χ0n) is 20.2. The van der Waals surface area contributed by atoms with Crippen molar-refractivity contribution >= 4 is 12.2 Å². The zero-order valence-corrected chi connectivity index (χ0v) is 20.2. The predicted octanol–water partition coefficient (Wildman–Crippen LogP) is 3.83. The average molecular weight is 421 g/mol. The van der Waals surface area contributed by atoms with Gasteiger partial charge in [0.2, 0.25) is 5.43 Å². The minimum Gasteiger partial charge on any atom is -0.378 e. The molecule has 1 aromatic rings. The second-order valence-electron chi connectivity index (χ2n) is 8.86. The van der Waals surface area contributed by atoms with Crippen molar-refractivity contribution in [2.75, 3.05) is 13.2 Å². The normalized spacial score (nSPS) is 26.7. The van der Waals surface area contributed by atoms with Crippen LogP contribution in [-0.4, -0.2) is 34.8 Å². The van der Waals surface area contributed by atoms with E-state index < -0.39 is 11.2 Å². The van der Waals surface area contributed by atoms with E-state index in [0.29, 0.717) is 42.5 Å². The third-order valence-corrected chi connectivity index (χ3v) is 5.87. The van der Waals surface area contributed by atoms with Crippen LogP contribution in [0.15, 0.2) is 4.79 Å². The molecule has 3 aliphatic rings. The van der Waals surface area contributed by atoms with Gasteiger partial charge in [0.15, 0.2) is 5.82 Å². The van der Waals surface area contributed by atoms with Gasteiger partial charge in [-0.05, 0) is 46.0 Å². The molecule has 2 heterocycles. The highest BCUT2D eigenvalue weighted by Gasteiger charge is 2.36. The summed E-state index contributed by atoms with van der Waals surface area (Å²) >= 11 is 0. The fourth-order valence-electron chi connectivity index (χ4n) is 4.37. The average Bonchev–Trinajstić information content (AvgIpc) is 3.47. The first-order chi connectivity index (χ1) is 14.3. The lowest BCUT2D eigenvalue weighted by molar-refractivity contribution is -0.0426. The molecule has 0 spiro atoms. The van der Waals surface area contributed by atoms with Crippen LogP contribution >= 0.6 is 0 Å². The van der Waals surface area contributed by atoms with Crippen LogP contribution in [0.5, 0.6) is 0 Å². The highest BCUT2D eigenvalue weighted by molar-refractivity contribution is 5.48. The Morgan fingerprint density at radius 2 is 1.63 bits per heavy atom. The van der Waals surface area contributed by atoms with Crippen molar-refractivity contribution in [3.05, 3.63) is 32.3 Å². The van der Waals surface area contributed by atoms with E-state index in [9.17, 15) is 4.79 Å². The van der Waals surface area contributed by atoms with E-state index in [1.165, 1.54) is 6.42 Å². The zero-order chi connectivity index (χ0) is 22.6. The molecule has 4 nitrogen and oxygen atoms in total. The molecule has 0 radical (unpaired) electrons. The van der Waals surface area contributed by atoms with Crippen molar-refractivity contribution in [3.63, 3.8) is 0 Å². The quantitative estimate of drug-likeness (QED) is 0.745. The Labute approximate surface area is 181 Å². The standard InChI is InChI=1S/C20H27FN2O2.C3H8.C2H6/c1-11(2)23-17-7-15-5-14(15)6-16(17)20(24)19(21)18(23)8-22-12(3)9-25-10-13(22)4;1-3-2;1-2/h6-7,11-15H,5,8-10H2,1-4H3;3H2,1-2H3;1-2H3/t12-,13-,14?,15?;;/m0../s1. The van der Waals surface area contributed by atoms with Crippen molar-refractivity contribution in [1.82, 2.24) is 9.47 Å². The molecule has 1 aromatic heterocycles. The van der Waals surface area contributed by atoms with Gasteiger partial charge in [0, 0.05) is 35.2 Å². The first-order valence-corrected chi connectivity index (χ1v) is 11.8. The summed E-state index contributed by atoms with van der Waals surface area (Å²) in [7, 11) is 0. The number of nitrogens with zero attached hydrogens (tertiary/aromatic N) is 2. The summed E-state index contributed by atoms with van der Waals surface area (Å²) in [5.74, 6) is 0.379. The lowest BCUT2D eigenvalue weighted by atomic mass is 10.1. The fraction of sp³-hybridized carbons (Fsp3) is 0.720. The maximum Gasteiger partial charge on any atom is 0.224 e. The minimum absolute atomic E-state index is 0.102. The third-order valence-electron chi connectivity index (χ3n) is 5.87. The van der Waals surface area contributed by atoms with E-state index >= 15 is 4.39 Å². The summed E-state index contributed by atoms with van der Waals surface area (Å²) < 4.78 is 22.8. The largest absolute Gasteiger partial charge is 0.378 e. The number of ether oxygens (including phenoxy) is 1. The SMILES string of the molecule is CC.CC(C)n1c(CN2[C@@H](C)COC[C@@H]2C)c(F)c(=O)c2c1=CC1CC1C=2.CCC. The summed E-state index contributed by atoms with van der Waals surface area (Å²) in [6.45, 7) is 18.3. The van der Waals surface area contributed by atoms with Gasteiger partial charge in [-0.2, -0.15) is 0 Å². The monoisotopic (exact) mass is 420 g/mol. The number of halogens is 1. The van der Waals surface area contributed by atoms with Crippen molar-refractivity contribution in [2.24, 2.45) is 11.8 Å². The molecule has 0 N–H and O–H groups in total. The molecule has 2 aliphatic carbocycles. The fourth-order valence-corrected chi connectivity index (χ4v) is 4.37. The first-order valence-electron chi connectivity index (χ1n) is 11.8. The van der Waals surface area contributed by atoms with Crippen LogP contribution in [0.2, 0.25) is 0 Å². The van der Waals surface area contributed by atoms with Crippen LogP contribution in [0.25, 0.3) is 12.2 Å². The molecule has 1 aliphatic heterocycles. The molecule has 2 unspecified atom stereocenters. The molecular weight excluding hydrogens is 379 g/mol. The van der Waals surface area contributed by atoms with E-state index in [1.54, 1.807) is 0 Å². The Morgan fingerprint density at radius 3 is 2.17 bits per heavy atom. The van der Waals surface area contributed by atoms with Gasteiger partial charge in [0.1, 0.15) is 0 Å². The maximum atomic E-state index is 15.1. The molecule has 30 heavy (non-hydrogen) atoms. The summed E-state index contributed by atoms with van der Waals surface area (Å²) in [6.07, 6.45) is 6.52. The Morgan fingerprint density at radius 1 is 1.10 bits per heavy atom. The topological polar surface area (TPSA) is 34.5 Å². The van der Waals surface area contributed by atoms with Crippen molar-refractivity contribution in [2.45, 2.75) is 92.9 Å². The Hall–Kier alpha value is -1.46. The van der Waals surface area contributed by atoms with Crippen LogP contribution in [0, 0.1) is 17.7 Å². The molecule has 4 rings (SSSR count). The van der Waals surface area contributed by atoms with Gasteiger partial charge in [-0.25, -0.2) is 4.39 Å². The Bertz CT molecular complexity index is 880. The van der Waals surface area contributed by atoms with Crippen LogP contribution in [-0.2, 0) is 11.3 Å². The van der Waals surface area contributed by atoms with Gasteiger partial charge in [0.05, 0.1) is 18.9 Å². The van der Waals surface area contributed by atoms with Crippen molar-refractivity contribution in [3.8, 4) is 0 Å². The van der Waals surface area contributed by atoms with E-state index in [2.05, 4.69) is 52.5 Å². The molecule has 1 saturated heterocycles. The third kappa shape index (κ3) is 5.05. The van der Waals surface area contributed by atoms with Gasteiger partial charge < -0.3 is 9.30 Å². The number of aromatic nitrogens is 1. The predicted molar refractivity (Wildman–Crippen MR) is 123 cm³/mol. The van der Waals surface area contributed by atoms with Gasteiger partial charge >= 0.3 is 0 Å². The van der Waals surface area contributed by atoms with E-state index in [1.807, 2.05) is 24.5 Å². The molecule has 0 amide bonds. The molecule has 1 saturated carbocycles. The van der Waals surface area contributed by atoms with Crippen LogP contribution in [0.3, 0.4) is 0 Å². The van der Waals surface area contributed by atoms with Gasteiger partial charge in [-0.3, -0.25) is 9.69 Å². The number of hydrogen-bond acceptors (Lipinski definition) is 3. The second-order valence-corrected chi connectivity index (χ2v) is 8.86. The number of hydrogen-bond donors (Lipinski definition) is 0. The van der Waals surface area contributed by atoms with E-state index in [4.69, 9.17) is 4.74 Å². The van der Waals surface area contributed by atoms with Crippen LogP contribution in [0.4, 0.5) is 4.39 Å². The number of pyridine rings is 1. The second kappa shape index (κ2) is 10.7. The smallest absolute Gasteiger partial charge is 0.224 e. The van der Waals surface area contributed by atoms with Crippen molar-refractivity contribution in [1.29, 1.82) is 0 Å². The van der Waals surface area contributed by atoms with Crippen LogP contribution < -0.4 is 16.0 Å². The van der Waals surface area contributed by atoms with Gasteiger partial charge in [0.25, 0.3) is 0 Å². The molecule has 0 aromatic carbocycles. The van der Waals surface area contributed by atoms with Crippen molar-refractivity contribution < 1.29 is 9.13 Å². The van der Waals surface area contributed by atoms with E-state index in [-0.39, 0.29) is 18.1 Å². The number of fused-ring (bicyclic) bond motifs is 2. The summed E-state index contributed by atoms with van der Waals surface area (Å²) in [6, 6.07) is 0.516. The van der Waals surface area contributed by atoms with Gasteiger partial charge in [-0.1, -0.05) is 46.3 Å². The van der Waals surface area contributed by atoms with E-state index in [0.717, 1.165) is 11.8 Å².